The summed E-state index contributed by atoms with van der Waals surface area (Å²) >= 11 is 0. The smallest absolute Gasteiger partial charge is 0.229 e. The number of ether oxygens (including phenoxy) is 2. The van der Waals surface area contributed by atoms with E-state index in [1.54, 1.807) is 38.5 Å². The number of hydrogen-bond acceptors (Lipinski definition) is 9. The van der Waals surface area contributed by atoms with Crippen LogP contribution in [0.2, 0.25) is 0 Å². The molecule has 0 radical (unpaired) electrons. The van der Waals surface area contributed by atoms with Crippen molar-refractivity contribution in [3.05, 3.63) is 35.9 Å². The molecule has 2 aromatic carbocycles. The highest BCUT2D eigenvalue weighted by Gasteiger charge is 2.36. The Hall–Kier alpha value is -3.77. The van der Waals surface area contributed by atoms with Crippen LogP contribution in [0, 0.1) is 11.3 Å². The van der Waals surface area contributed by atoms with Crippen molar-refractivity contribution in [2.24, 2.45) is 5.73 Å². The molecule has 2 heterocycles. The molecule has 32 heavy (non-hydrogen) atoms. The lowest BCUT2D eigenvalue weighted by molar-refractivity contribution is 0.356. The first-order chi connectivity index (χ1) is 15.4. The number of methoxy groups -OCH3 is 2. The van der Waals surface area contributed by atoms with Crippen LogP contribution in [-0.2, 0) is 0 Å². The highest BCUT2D eigenvalue weighted by atomic mass is 16.5. The average Bonchev–Trinajstić information content (AvgIpc) is 3.20. The van der Waals surface area contributed by atoms with Crippen molar-refractivity contribution in [2.45, 2.75) is 25.3 Å². The van der Waals surface area contributed by atoms with Gasteiger partial charge in [0.2, 0.25) is 5.95 Å². The van der Waals surface area contributed by atoms with E-state index in [1.807, 2.05) is 6.07 Å². The van der Waals surface area contributed by atoms with Crippen molar-refractivity contribution in [3.8, 4) is 17.6 Å². The normalized spacial score (nSPS) is 17.9. The Morgan fingerprint density at radius 3 is 2.72 bits per heavy atom. The summed E-state index contributed by atoms with van der Waals surface area (Å²) in [4.78, 5) is 11.3. The predicted octanol–water partition coefficient (Wildman–Crippen LogP) is 3.16. The Balaban J connectivity index is 1.84. The SMILES string of the molecule is CC[C@]1(N)CCN(c2c(OC)c(OC)cc3nc(Nc4cccc(C#N)c4)nc(N)c23)C1. The van der Waals surface area contributed by atoms with Crippen LogP contribution in [0.25, 0.3) is 10.9 Å². The summed E-state index contributed by atoms with van der Waals surface area (Å²) in [5.74, 6) is 1.77. The van der Waals surface area contributed by atoms with E-state index < -0.39 is 0 Å². The molecular formula is C23H27N7O2. The van der Waals surface area contributed by atoms with E-state index in [0.717, 1.165) is 25.1 Å². The Labute approximate surface area is 186 Å². The van der Waals surface area contributed by atoms with Gasteiger partial charge in [-0.1, -0.05) is 13.0 Å². The second kappa shape index (κ2) is 8.40. The van der Waals surface area contributed by atoms with Crippen molar-refractivity contribution in [1.82, 2.24) is 9.97 Å². The third-order valence-corrected chi connectivity index (χ3v) is 5.99. The minimum Gasteiger partial charge on any atom is -0.493 e. The molecule has 1 aliphatic heterocycles. The number of anilines is 4. The molecule has 1 fully saturated rings. The Bertz CT molecular complexity index is 1210. The zero-order valence-corrected chi connectivity index (χ0v) is 18.5. The van der Waals surface area contributed by atoms with E-state index in [1.165, 1.54) is 0 Å². The van der Waals surface area contributed by atoms with Crippen LogP contribution in [-0.4, -0.2) is 42.8 Å². The molecule has 5 N–H and O–H groups in total. The van der Waals surface area contributed by atoms with Crippen LogP contribution in [0.1, 0.15) is 25.3 Å². The second-order valence-corrected chi connectivity index (χ2v) is 7.99. The van der Waals surface area contributed by atoms with Crippen LogP contribution in [0.5, 0.6) is 11.5 Å². The van der Waals surface area contributed by atoms with E-state index in [4.69, 9.17) is 26.2 Å². The summed E-state index contributed by atoms with van der Waals surface area (Å²) in [6, 6.07) is 11.0. The van der Waals surface area contributed by atoms with Crippen LogP contribution < -0.4 is 31.2 Å². The van der Waals surface area contributed by atoms with Gasteiger partial charge in [-0.15, -0.1) is 0 Å². The molecule has 0 unspecified atom stereocenters. The first-order valence-electron chi connectivity index (χ1n) is 10.4. The number of nitrogens with one attached hydrogen (secondary N) is 1. The van der Waals surface area contributed by atoms with E-state index >= 15 is 0 Å². The quantitative estimate of drug-likeness (QED) is 0.535. The summed E-state index contributed by atoms with van der Waals surface area (Å²) < 4.78 is 11.3. The van der Waals surface area contributed by atoms with Crippen molar-refractivity contribution < 1.29 is 9.47 Å². The van der Waals surface area contributed by atoms with Crippen molar-refractivity contribution in [3.63, 3.8) is 0 Å². The molecule has 0 amide bonds. The van der Waals surface area contributed by atoms with Gasteiger partial charge >= 0.3 is 0 Å². The highest BCUT2D eigenvalue weighted by Crippen LogP contribution is 2.47. The van der Waals surface area contributed by atoms with E-state index in [0.29, 0.717) is 52.0 Å². The number of rotatable bonds is 6. The van der Waals surface area contributed by atoms with Crippen LogP contribution in [0.15, 0.2) is 30.3 Å². The standard InChI is InChI=1S/C23H27N7O2/c1-4-23(26)8-9-30(13-23)19-18-16(11-17(31-2)20(19)32-3)28-22(29-21(18)25)27-15-7-5-6-14(10-15)12-24/h5-7,10-11H,4,8-9,13,26H2,1-3H3,(H3,25,27,28,29)/t23-/m0/s1. The fourth-order valence-electron chi connectivity index (χ4n) is 4.14. The average molecular weight is 434 g/mol. The maximum absolute atomic E-state index is 9.14. The van der Waals surface area contributed by atoms with Gasteiger partial charge in [-0.05, 0) is 31.0 Å². The molecule has 0 saturated carbocycles. The Morgan fingerprint density at radius 2 is 2.06 bits per heavy atom. The lowest BCUT2D eigenvalue weighted by atomic mass is 9.97. The van der Waals surface area contributed by atoms with Gasteiger partial charge in [0, 0.05) is 30.4 Å². The number of fused-ring (bicyclic) bond motifs is 1. The van der Waals surface area contributed by atoms with Gasteiger partial charge in [-0.3, -0.25) is 0 Å². The fraction of sp³-hybridized carbons (Fsp3) is 0.348. The summed E-state index contributed by atoms with van der Waals surface area (Å²) in [6.45, 7) is 3.53. The zero-order chi connectivity index (χ0) is 22.9. The molecule has 1 aliphatic rings. The number of nitriles is 1. The van der Waals surface area contributed by atoms with Gasteiger partial charge in [0.1, 0.15) is 5.82 Å². The molecule has 9 nitrogen and oxygen atoms in total. The molecule has 0 spiro atoms. The van der Waals surface area contributed by atoms with Gasteiger partial charge in [-0.25, -0.2) is 4.98 Å². The lowest BCUT2D eigenvalue weighted by Gasteiger charge is -2.27. The van der Waals surface area contributed by atoms with Crippen LogP contribution in [0.4, 0.5) is 23.1 Å². The van der Waals surface area contributed by atoms with Gasteiger partial charge in [0.15, 0.2) is 11.5 Å². The molecular weight excluding hydrogens is 406 g/mol. The Kier molecular flexibility index (Phi) is 5.63. The third-order valence-electron chi connectivity index (χ3n) is 5.99. The largest absolute Gasteiger partial charge is 0.493 e. The van der Waals surface area contributed by atoms with Gasteiger partial charge < -0.3 is 31.2 Å². The summed E-state index contributed by atoms with van der Waals surface area (Å²) in [6.07, 6.45) is 1.73. The first kappa shape index (κ1) is 21.5. The number of nitrogens with zero attached hydrogens (tertiary/aromatic N) is 4. The number of benzene rings is 2. The predicted molar refractivity (Wildman–Crippen MR) is 126 cm³/mol. The molecule has 1 aromatic heterocycles. The summed E-state index contributed by atoms with van der Waals surface area (Å²) in [7, 11) is 3.20. The lowest BCUT2D eigenvalue weighted by Crippen LogP contribution is -2.42. The van der Waals surface area contributed by atoms with E-state index in [9.17, 15) is 0 Å². The van der Waals surface area contributed by atoms with Gasteiger partial charge in [-0.2, -0.15) is 10.2 Å². The minimum absolute atomic E-state index is 0.275. The second-order valence-electron chi connectivity index (χ2n) is 7.99. The topological polar surface area (TPSA) is 135 Å². The van der Waals surface area contributed by atoms with Gasteiger partial charge in [0.25, 0.3) is 0 Å². The number of aromatic nitrogens is 2. The molecule has 1 atom stereocenters. The fourth-order valence-corrected chi connectivity index (χ4v) is 4.14. The molecule has 0 aliphatic carbocycles. The highest BCUT2D eigenvalue weighted by molar-refractivity contribution is 6.04. The number of hydrogen-bond donors (Lipinski definition) is 3. The zero-order valence-electron chi connectivity index (χ0n) is 18.5. The van der Waals surface area contributed by atoms with Crippen molar-refractivity contribution in [2.75, 3.05) is 43.3 Å². The molecule has 0 bridgehead atoms. The van der Waals surface area contributed by atoms with Crippen LogP contribution >= 0.6 is 0 Å². The minimum atomic E-state index is -0.275. The van der Waals surface area contributed by atoms with Crippen molar-refractivity contribution >= 4 is 34.0 Å². The number of nitrogen functional groups attached to an aromatic ring is 1. The van der Waals surface area contributed by atoms with Crippen molar-refractivity contribution in [1.29, 1.82) is 5.26 Å². The Morgan fingerprint density at radius 1 is 1.25 bits per heavy atom. The van der Waals surface area contributed by atoms with Crippen LogP contribution in [0.3, 0.4) is 0 Å². The van der Waals surface area contributed by atoms with E-state index in [2.05, 4.69) is 33.2 Å². The summed E-state index contributed by atoms with van der Waals surface area (Å²) in [5, 5.41) is 13.0. The molecule has 166 valence electrons. The molecule has 3 aromatic rings. The maximum Gasteiger partial charge on any atom is 0.229 e. The number of nitrogens with two attached hydrogens (primary N) is 2. The van der Waals surface area contributed by atoms with E-state index in [-0.39, 0.29) is 5.54 Å². The third kappa shape index (κ3) is 3.81. The molecule has 9 heteroatoms. The monoisotopic (exact) mass is 433 g/mol. The van der Waals surface area contributed by atoms with Gasteiger partial charge in [0.05, 0.1) is 42.4 Å². The summed E-state index contributed by atoms with van der Waals surface area (Å²) in [5.41, 5.74) is 15.4. The molecule has 1 saturated heterocycles. The maximum atomic E-state index is 9.14. The molecule has 4 rings (SSSR count). The first-order valence-corrected chi connectivity index (χ1v) is 10.4.